The number of nitrogens with two attached hydrogens (primary N) is 1. The molecule has 0 saturated carbocycles. The summed E-state index contributed by atoms with van der Waals surface area (Å²) in [6.45, 7) is 2.11. The van der Waals surface area contributed by atoms with E-state index in [0.717, 1.165) is 16.7 Å². The maximum absolute atomic E-state index is 11.7. The van der Waals surface area contributed by atoms with Crippen molar-refractivity contribution in [1.82, 2.24) is 9.38 Å². The molecule has 3 aromatic rings. The fourth-order valence-electron chi connectivity index (χ4n) is 2.16. The van der Waals surface area contributed by atoms with Crippen molar-refractivity contribution in [2.45, 2.75) is 6.92 Å². The normalized spacial score (nSPS) is 11.2. The van der Waals surface area contributed by atoms with Gasteiger partial charge in [-0.1, -0.05) is 12.1 Å². The topological polar surface area (TPSA) is 72.5 Å². The standard InChI is InChI=1S/C13H13N3O2/c1-2-18-13(17)8-7-11-15-9-5-3-4-6-10(9)16(11)12(8)14/h3-7,15H,2,14H2,1H3. The Kier molecular flexibility index (Phi) is 2.26. The van der Waals surface area contributed by atoms with Crippen LogP contribution in [0.2, 0.25) is 0 Å². The first kappa shape index (κ1) is 10.7. The van der Waals surface area contributed by atoms with Gasteiger partial charge in [-0.2, -0.15) is 0 Å². The number of para-hydroxylation sites is 2. The Morgan fingerprint density at radius 3 is 3.00 bits per heavy atom. The van der Waals surface area contributed by atoms with E-state index < -0.39 is 5.97 Å². The molecule has 3 rings (SSSR count). The van der Waals surface area contributed by atoms with Crippen LogP contribution in [0, 0.1) is 0 Å². The number of benzene rings is 1. The first-order valence-corrected chi connectivity index (χ1v) is 5.77. The number of carbonyl (C=O) groups excluding carboxylic acids is 1. The maximum Gasteiger partial charge on any atom is 0.341 e. The van der Waals surface area contributed by atoms with Crippen LogP contribution in [0.5, 0.6) is 0 Å². The zero-order valence-electron chi connectivity index (χ0n) is 9.93. The summed E-state index contributed by atoms with van der Waals surface area (Å²) < 4.78 is 6.79. The van der Waals surface area contributed by atoms with E-state index in [1.165, 1.54) is 0 Å². The minimum atomic E-state index is -0.392. The second-order valence-electron chi connectivity index (χ2n) is 4.03. The summed E-state index contributed by atoms with van der Waals surface area (Å²) in [4.78, 5) is 15.0. The van der Waals surface area contributed by atoms with Crippen molar-refractivity contribution in [3.63, 3.8) is 0 Å². The van der Waals surface area contributed by atoms with Gasteiger partial charge in [0.25, 0.3) is 0 Å². The van der Waals surface area contributed by atoms with Crippen molar-refractivity contribution in [2.75, 3.05) is 12.3 Å². The number of hydrogen-bond donors (Lipinski definition) is 2. The smallest absolute Gasteiger partial charge is 0.341 e. The van der Waals surface area contributed by atoms with E-state index in [1.807, 2.05) is 28.7 Å². The number of imidazole rings is 1. The average Bonchev–Trinajstić information content (AvgIpc) is 2.87. The van der Waals surface area contributed by atoms with Crippen LogP contribution in [0.1, 0.15) is 17.3 Å². The van der Waals surface area contributed by atoms with E-state index in [-0.39, 0.29) is 0 Å². The van der Waals surface area contributed by atoms with Gasteiger partial charge in [-0.25, -0.2) is 4.79 Å². The summed E-state index contributed by atoms with van der Waals surface area (Å²) in [5.74, 6) is 0.0112. The number of hydrogen-bond acceptors (Lipinski definition) is 3. The van der Waals surface area contributed by atoms with Crippen LogP contribution in [0.25, 0.3) is 16.7 Å². The van der Waals surface area contributed by atoms with Crippen molar-refractivity contribution in [2.24, 2.45) is 0 Å². The molecule has 0 bridgehead atoms. The van der Waals surface area contributed by atoms with Gasteiger partial charge in [0.2, 0.25) is 0 Å². The minimum Gasteiger partial charge on any atom is -0.462 e. The number of H-pyrrole nitrogens is 1. The number of fused-ring (bicyclic) bond motifs is 3. The lowest BCUT2D eigenvalue weighted by molar-refractivity contribution is 0.0528. The molecule has 0 aliphatic carbocycles. The molecule has 0 aliphatic heterocycles. The summed E-state index contributed by atoms with van der Waals surface area (Å²) >= 11 is 0. The number of esters is 1. The number of rotatable bonds is 2. The van der Waals surface area contributed by atoms with Crippen LogP contribution in [0.4, 0.5) is 5.82 Å². The van der Waals surface area contributed by atoms with Gasteiger partial charge in [-0.05, 0) is 25.1 Å². The van der Waals surface area contributed by atoms with Gasteiger partial charge in [0.05, 0.1) is 17.6 Å². The highest BCUT2D eigenvalue weighted by Crippen LogP contribution is 2.25. The highest BCUT2D eigenvalue weighted by Gasteiger charge is 2.18. The molecule has 1 aromatic carbocycles. The van der Waals surface area contributed by atoms with E-state index >= 15 is 0 Å². The average molecular weight is 243 g/mol. The van der Waals surface area contributed by atoms with Gasteiger partial charge < -0.3 is 15.5 Å². The summed E-state index contributed by atoms with van der Waals surface area (Å²) in [5.41, 5.74) is 9.13. The second-order valence-corrected chi connectivity index (χ2v) is 4.03. The number of nitrogens with one attached hydrogen (secondary N) is 1. The third-order valence-corrected chi connectivity index (χ3v) is 2.94. The van der Waals surface area contributed by atoms with Crippen LogP contribution in [-0.4, -0.2) is 22.0 Å². The van der Waals surface area contributed by atoms with Crippen LogP contribution >= 0.6 is 0 Å². The number of carbonyl (C=O) groups is 1. The summed E-state index contributed by atoms with van der Waals surface area (Å²) in [6.07, 6.45) is 0. The molecule has 3 N–H and O–H groups in total. The van der Waals surface area contributed by atoms with E-state index in [4.69, 9.17) is 10.5 Å². The van der Waals surface area contributed by atoms with Crippen LogP contribution in [0.3, 0.4) is 0 Å². The van der Waals surface area contributed by atoms with Crippen molar-refractivity contribution < 1.29 is 9.53 Å². The number of anilines is 1. The van der Waals surface area contributed by atoms with Crippen molar-refractivity contribution in [1.29, 1.82) is 0 Å². The molecule has 0 atom stereocenters. The Bertz CT molecular complexity index is 739. The molecule has 2 heterocycles. The Hall–Kier alpha value is -2.43. The lowest BCUT2D eigenvalue weighted by Crippen LogP contribution is -2.07. The van der Waals surface area contributed by atoms with Gasteiger partial charge in [-0.15, -0.1) is 0 Å². The minimum absolute atomic E-state index is 0.336. The highest BCUT2D eigenvalue weighted by molar-refractivity contribution is 5.98. The fraction of sp³-hybridized carbons (Fsp3) is 0.154. The van der Waals surface area contributed by atoms with Gasteiger partial charge in [-0.3, -0.25) is 4.40 Å². The van der Waals surface area contributed by atoms with E-state index in [2.05, 4.69) is 4.98 Å². The largest absolute Gasteiger partial charge is 0.462 e. The third-order valence-electron chi connectivity index (χ3n) is 2.94. The molecular weight excluding hydrogens is 230 g/mol. The van der Waals surface area contributed by atoms with Crippen molar-refractivity contribution in [3.05, 3.63) is 35.9 Å². The maximum atomic E-state index is 11.7. The first-order chi connectivity index (χ1) is 8.72. The second kappa shape index (κ2) is 3.80. The van der Waals surface area contributed by atoms with Crippen LogP contribution in [0.15, 0.2) is 30.3 Å². The molecule has 92 valence electrons. The Labute approximate surface area is 103 Å². The molecule has 18 heavy (non-hydrogen) atoms. The van der Waals surface area contributed by atoms with Gasteiger partial charge >= 0.3 is 5.97 Å². The zero-order chi connectivity index (χ0) is 12.7. The molecule has 0 spiro atoms. The Morgan fingerprint density at radius 2 is 2.22 bits per heavy atom. The van der Waals surface area contributed by atoms with E-state index in [1.54, 1.807) is 13.0 Å². The number of nitrogen functional groups attached to an aromatic ring is 1. The summed E-state index contributed by atoms with van der Waals surface area (Å²) in [6, 6.07) is 9.50. The van der Waals surface area contributed by atoms with Crippen molar-refractivity contribution in [3.8, 4) is 0 Å². The Balaban J connectivity index is 2.26. The van der Waals surface area contributed by atoms with Crippen LogP contribution in [-0.2, 0) is 4.74 Å². The first-order valence-electron chi connectivity index (χ1n) is 5.77. The molecular formula is C13H13N3O2. The molecule has 0 unspecified atom stereocenters. The molecule has 0 saturated heterocycles. The fourth-order valence-corrected chi connectivity index (χ4v) is 2.16. The van der Waals surface area contributed by atoms with Gasteiger partial charge in [0.15, 0.2) is 0 Å². The van der Waals surface area contributed by atoms with Crippen LogP contribution < -0.4 is 5.73 Å². The predicted octanol–water partition coefficient (Wildman–Crippen LogP) is 2.18. The monoisotopic (exact) mass is 243 g/mol. The van der Waals surface area contributed by atoms with E-state index in [9.17, 15) is 4.79 Å². The van der Waals surface area contributed by atoms with Gasteiger partial charge in [0, 0.05) is 0 Å². The van der Waals surface area contributed by atoms with Crippen molar-refractivity contribution >= 4 is 28.5 Å². The number of aromatic nitrogens is 2. The molecule has 0 amide bonds. The van der Waals surface area contributed by atoms with Gasteiger partial charge in [0.1, 0.15) is 17.0 Å². The molecule has 0 aliphatic rings. The molecule has 0 fully saturated rings. The predicted molar refractivity (Wildman–Crippen MR) is 69.6 cm³/mol. The van der Waals surface area contributed by atoms with E-state index in [0.29, 0.717) is 18.0 Å². The molecule has 0 radical (unpaired) electrons. The lowest BCUT2D eigenvalue weighted by atomic mass is 10.3. The molecule has 5 heteroatoms. The summed E-state index contributed by atoms with van der Waals surface area (Å²) in [7, 11) is 0. The summed E-state index contributed by atoms with van der Waals surface area (Å²) in [5, 5.41) is 0. The number of aromatic amines is 1. The molecule has 2 aromatic heterocycles. The third kappa shape index (κ3) is 1.37. The quantitative estimate of drug-likeness (QED) is 0.677. The lowest BCUT2D eigenvalue weighted by Gasteiger charge is -2.01. The highest BCUT2D eigenvalue weighted by atomic mass is 16.5. The number of nitrogens with zero attached hydrogens (tertiary/aromatic N) is 1. The number of ether oxygens (including phenoxy) is 1. The zero-order valence-corrected chi connectivity index (χ0v) is 9.93. The SMILES string of the molecule is CCOC(=O)c1cc2[nH]c3ccccc3n2c1N. The molecule has 5 nitrogen and oxygen atoms in total. The Morgan fingerprint density at radius 1 is 1.44 bits per heavy atom.